The van der Waals surface area contributed by atoms with E-state index in [9.17, 15) is 4.79 Å². The fourth-order valence-corrected chi connectivity index (χ4v) is 5.33. The number of carbonyl (C=O) groups excluding carboxylic acids is 1. The molecule has 6 nitrogen and oxygen atoms in total. The van der Waals surface area contributed by atoms with E-state index in [1.54, 1.807) is 18.2 Å². The highest BCUT2D eigenvalue weighted by Crippen LogP contribution is 2.59. The van der Waals surface area contributed by atoms with Gasteiger partial charge in [-0.3, -0.25) is 9.78 Å². The van der Waals surface area contributed by atoms with Crippen LogP contribution in [-0.4, -0.2) is 32.9 Å². The van der Waals surface area contributed by atoms with Gasteiger partial charge in [-0.15, -0.1) is 4.98 Å². The first kappa shape index (κ1) is 16.5. The van der Waals surface area contributed by atoms with Gasteiger partial charge in [-0.1, -0.05) is 50.2 Å². The lowest BCUT2D eigenvalue weighted by Crippen LogP contribution is -2.74. The van der Waals surface area contributed by atoms with E-state index < -0.39 is 23.4 Å². The van der Waals surface area contributed by atoms with Crippen molar-refractivity contribution in [3.63, 3.8) is 0 Å². The molecule has 0 atom stereocenters. The van der Waals surface area contributed by atoms with Gasteiger partial charge in [0, 0.05) is 27.5 Å². The molecule has 0 saturated heterocycles. The van der Waals surface area contributed by atoms with E-state index in [-0.39, 0.29) is 23.5 Å². The van der Waals surface area contributed by atoms with Crippen LogP contribution in [0.2, 0.25) is 0 Å². The first-order chi connectivity index (χ1) is 13.9. The molecule has 2 aromatic heterocycles. The number of rotatable bonds is 3. The number of hydrogen-bond donors (Lipinski definition) is 0. The van der Waals surface area contributed by atoms with Crippen molar-refractivity contribution >= 4 is 27.7 Å². The Balaban J connectivity index is 1.67. The molecule has 0 radical (unpaired) electrons. The van der Waals surface area contributed by atoms with Crippen molar-refractivity contribution in [1.29, 1.82) is 0 Å². The summed E-state index contributed by atoms with van der Waals surface area (Å²) >= 11 is 3.33. The number of aromatic nitrogens is 2. The maximum absolute atomic E-state index is 13.2. The standard InChI is InChI=1S/C21H21BrN4O2/c1-20(2)18(26-11-15-13(17(26)27)7-6-8-24-15)21(3,4)19(20)28-12-9-14(22)16(23-5)25-10-12/h6-10,18-19H,11H2,1-4H3/i11D2. The molecule has 0 N–H and O–H groups in total. The molecular weight excluding hydrogens is 420 g/mol. The van der Waals surface area contributed by atoms with Gasteiger partial charge in [0.15, 0.2) is 11.9 Å². The summed E-state index contributed by atoms with van der Waals surface area (Å²) in [6.07, 6.45) is 2.72. The molecule has 1 aliphatic heterocycles. The van der Waals surface area contributed by atoms with Crippen molar-refractivity contribution in [2.45, 2.75) is 46.3 Å². The molecule has 7 heteroatoms. The quantitative estimate of drug-likeness (QED) is 0.650. The second kappa shape index (κ2) is 6.28. The number of pyridine rings is 2. The van der Waals surface area contributed by atoms with E-state index in [4.69, 9.17) is 14.1 Å². The Kier molecular flexibility index (Phi) is 3.70. The second-order valence-electron chi connectivity index (χ2n) is 8.32. The van der Waals surface area contributed by atoms with Crippen LogP contribution >= 0.6 is 15.9 Å². The summed E-state index contributed by atoms with van der Waals surface area (Å²) in [4.78, 5) is 26.1. The number of halogens is 1. The van der Waals surface area contributed by atoms with Crippen molar-refractivity contribution < 1.29 is 12.3 Å². The topological polar surface area (TPSA) is 59.7 Å². The lowest BCUT2D eigenvalue weighted by Gasteiger charge is -2.65. The van der Waals surface area contributed by atoms with E-state index in [0.29, 0.717) is 15.8 Å². The molecule has 4 rings (SSSR count). The fraction of sp³-hybridized carbons (Fsp3) is 0.429. The van der Waals surface area contributed by atoms with Gasteiger partial charge < -0.3 is 14.5 Å². The van der Waals surface area contributed by atoms with Gasteiger partial charge in [-0.25, -0.2) is 0 Å². The zero-order valence-corrected chi connectivity index (χ0v) is 17.6. The van der Waals surface area contributed by atoms with Crippen LogP contribution in [0.1, 0.15) is 46.5 Å². The van der Waals surface area contributed by atoms with Crippen molar-refractivity contribution in [2.75, 3.05) is 0 Å². The predicted molar refractivity (Wildman–Crippen MR) is 108 cm³/mol. The summed E-state index contributed by atoms with van der Waals surface area (Å²) in [5.41, 5.74) is -0.617. The molecule has 3 heterocycles. The third-order valence-electron chi connectivity index (χ3n) is 5.66. The molecular formula is C21H21BrN4O2. The van der Waals surface area contributed by atoms with Crippen LogP contribution in [-0.2, 0) is 6.50 Å². The smallest absolute Gasteiger partial charge is 0.284 e. The highest BCUT2D eigenvalue weighted by Gasteiger charge is 2.67. The summed E-state index contributed by atoms with van der Waals surface area (Å²) < 4.78 is 24.1. The Hall–Kier alpha value is -2.46. The summed E-state index contributed by atoms with van der Waals surface area (Å²) in [6.45, 7) is 13.0. The van der Waals surface area contributed by atoms with Gasteiger partial charge in [0.1, 0.15) is 6.10 Å². The van der Waals surface area contributed by atoms with Gasteiger partial charge in [0.25, 0.3) is 11.7 Å². The average Bonchev–Trinajstić information content (AvgIpc) is 2.87. The summed E-state index contributed by atoms with van der Waals surface area (Å²) in [7, 11) is 0. The Morgan fingerprint density at radius 2 is 2.07 bits per heavy atom. The molecule has 1 aliphatic carbocycles. The molecule has 1 fully saturated rings. The lowest BCUT2D eigenvalue weighted by molar-refractivity contribution is -0.199. The van der Waals surface area contributed by atoms with Crippen LogP contribution in [0.3, 0.4) is 0 Å². The average molecular weight is 443 g/mol. The minimum Gasteiger partial charge on any atom is -0.485 e. The van der Waals surface area contributed by atoms with Crippen molar-refractivity contribution in [3.05, 3.63) is 57.7 Å². The first-order valence-electron chi connectivity index (χ1n) is 9.93. The number of ether oxygens (including phenoxy) is 1. The highest BCUT2D eigenvalue weighted by molar-refractivity contribution is 9.10. The molecule has 1 saturated carbocycles. The zero-order chi connectivity index (χ0) is 22.1. The second-order valence-corrected chi connectivity index (χ2v) is 9.17. The molecule has 1 amide bonds. The van der Waals surface area contributed by atoms with Crippen LogP contribution in [0.5, 0.6) is 5.75 Å². The molecule has 28 heavy (non-hydrogen) atoms. The van der Waals surface area contributed by atoms with Gasteiger partial charge in [0.2, 0.25) is 0 Å². The SMILES string of the molecule is [2H]C1([2H])c2ncccc2C(=O)N1C1C(C)(C)C(Oc2cnc([N+]#[C-])c(Br)c2)C1(C)C. The van der Waals surface area contributed by atoms with Gasteiger partial charge in [0.05, 0.1) is 20.5 Å². The van der Waals surface area contributed by atoms with E-state index in [2.05, 4.69) is 30.7 Å². The molecule has 0 bridgehead atoms. The third-order valence-corrected chi connectivity index (χ3v) is 6.24. The Morgan fingerprint density at radius 1 is 1.36 bits per heavy atom. The van der Waals surface area contributed by atoms with E-state index in [1.165, 1.54) is 17.3 Å². The molecule has 2 aromatic rings. The maximum Gasteiger partial charge on any atom is 0.284 e. The molecule has 0 spiro atoms. The van der Waals surface area contributed by atoms with Crippen LogP contribution in [0.4, 0.5) is 5.82 Å². The lowest BCUT2D eigenvalue weighted by atomic mass is 9.49. The minimum absolute atomic E-state index is 0.161. The van der Waals surface area contributed by atoms with Crippen LogP contribution in [0, 0.1) is 17.4 Å². The van der Waals surface area contributed by atoms with Crippen molar-refractivity contribution in [3.8, 4) is 5.75 Å². The van der Waals surface area contributed by atoms with E-state index >= 15 is 0 Å². The monoisotopic (exact) mass is 442 g/mol. The minimum atomic E-state index is -2.00. The Labute approximate surface area is 175 Å². The highest BCUT2D eigenvalue weighted by atomic mass is 79.9. The number of hydrogen-bond acceptors (Lipinski definition) is 4. The summed E-state index contributed by atoms with van der Waals surface area (Å²) in [5.74, 6) is 0.423. The molecule has 0 aromatic carbocycles. The van der Waals surface area contributed by atoms with Crippen LogP contribution in [0.25, 0.3) is 4.85 Å². The van der Waals surface area contributed by atoms with Crippen molar-refractivity contribution in [2.24, 2.45) is 10.8 Å². The largest absolute Gasteiger partial charge is 0.485 e. The summed E-state index contributed by atoms with van der Waals surface area (Å²) in [6, 6.07) is 4.57. The molecule has 144 valence electrons. The fourth-order valence-electron chi connectivity index (χ4n) is 4.92. The normalized spacial score (nSPS) is 27.1. The molecule has 0 unspecified atom stereocenters. The number of amides is 1. The van der Waals surface area contributed by atoms with E-state index in [0.717, 1.165) is 0 Å². The van der Waals surface area contributed by atoms with Crippen LogP contribution in [0.15, 0.2) is 35.1 Å². The number of fused-ring (bicyclic) bond motifs is 1. The van der Waals surface area contributed by atoms with E-state index in [1.807, 2.05) is 27.7 Å². The number of nitrogens with zero attached hydrogens (tertiary/aromatic N) is 4. The Bertz CT molecular complexity index is 1080. The zero-order valence-electron chi connectivity index (χ0n) is 18.0. The van der Waals surface area contributed by atoms with Crippen molar-refractivity contribution in [1.82, 2.24) is 14.9 Å². The van der Waals surface area contributed by atoms with Gasteiger partial charge >= 0.3 is 0 Å². The Morgan fingerprint density at radius 3 is 2.68 bits per heavy atom. The maximum atomic E-state index is 13.2. The number of carbonyl (C=O) groups is 1. The molecule has 2 aliphatic rings. The van der Waals surface area contributed by atoms with Gasteiger partial charge in [-0.2, -0.15) is 0 Å². The first-order valence-corrected chi connectivity index (χ1v) is 9.72. The predicted octanol–water partition coefficient (Wildman–Crippen LogP) is 4.63. The van der Waals surface area contributed by atoms with Gasteiger partial charge in [-0.05, 0) is 18.2 Å². The summed E-state index contributed by atoms with van der Waals surface area (Å²) in [5, 5.41) is 0. The van der Waals surface area contributed by atoms with Crippen LogP contribution < -0.4 is 4.74 Å². The third kappa shape index (κ3) is 2.62.